The average molecular weight is 132 g/mol. The predicted octanol–water partition coefficient (Wildman–Crippen LogP) is -1.55. The third kappa shape index (κ3) is 14.5. The van der Waals surface area contributed by atoms with E-state index < -0.39 is 0 Å². The van der Waals surface area contributed by atoms with Crippen molar-refractivity contribution < 1.29 is 0 Å². The van der Waals surface area contributed by atoms with Crippen molar-refractivity contribution in [2.45, 2.75) is 0 Å². The quantitative estimate of drug-likeness (QED) is 0.366. The molecular weight excluding hydrogens is 129 g/mol. The summed E-state index contributed by atoms with van der Waals surface area (Å²) in [6.45, 7) is 0. The first-order valence-corrected chi connectivity index (χ1v) is 1.39. The van der Waals surface area contributed by atoms with Crippen molar-refractivity contribution >= 4 is 39.1 Å². The van der Waals surface area contributed by atoms with E-state index in [9.17, 15) is 0 Å². The van der Waals surface area contributed by atoms with Gasteiger partial charge in [0.1, 0.15) is 0 Å². The Kier molecular flexibility index (Phi) is 20.4. The van der Waals surface area contributed by atoms with Crippen LogP contribution in [0.2, 0.25) is 0 Å². The molecule has 0 heterocycles. The van der Waals surface area contributed by atoms with Crippen molar-refractivity contribution in [2.24, 2.45) is 0 Å². The van der Waals surface area contributed by atoms with Crippen molar-refractivity contribution in [3.05, 3.63) is 0 Å². The van der Waals surface area contributed by atoms with E-state index in [2.05, 4.69) is 0 Å². The number of nitrogens with zero attached hydrogens (tertiary/aromatic N) is 1. The molecule has 4 heavy (non-hydrogen) atoms. The summed E-state index contributed by atoms with van der Waals surface area (Å²) in [5.74, 6) is 0. The third-order valence-corrected chi connectivity index (χ3v) is 0. The summed E-state index contributed by atoms with van der Waals surface area (Å²) in [5, 5.41) is 7.29. The summed E-state index contributed by atoms with van der Waals surface area (Å²) in [7, 11) is 0. The first-order chi connectivity index (χ1) is 1.41. The summed E-state index contributed by atoms with van der Waals surface area (Å²) in [6.07, 6.45) is 0. The zero-order valence-electron chi connectivity index (χ0n) is 1.39. The van der Waals surface area contributed by atoms with Gasteiger partial charge in [-0.1, -0.05) is 0 Å². The maximum atomic E-state index is 7.29. The van der Waals surface area contributed by atoms with Gasteiger partial charge in [0.15, 0.2) is 0 Å². The molecule has 0 aliphatic heterocycles. The molecule has 0 aromatic rings. The number of nitriles is 1. The van der Waals surface area contributed by atoms with Crippen LogP contribution in [0.15, 0.2) is 0 Å². The standard InChI is InChI=1S/CHNSe.Mg.2H/c2-1-3;;;/h3H;;;. The molecule has 0 aliphatic rings. The fraction of sp³-hybridized carbons (Fsp3) is 0. The number of hydrogen-bond acceptors (Lipinski definition) is 1. The van der Waals surface area contributed by atoms with Gasteiger partial charge in [-0.2, -0.15) is 0 Å². The zero-order valence-corrected chi connectivity index (χ0v) is 3.27. The van der Waals surface area contributed by atoms with E-state index in [-0.39, 0.29) is 23.1 Å². The van der Waals surface area contributed by atoms with Gasteiger partial charge < -0.3 is 0 Å². The van der Waals surface area contributed by atoms with Gasteiger partial charge in [-0.15, -0.1) is 0 Å². The van der Waals surface area contributed by atoms with Gasteiger partial charge in [-0.05, 0) is 0 Å². The molecule has 0 spiro atoms. The Balaban J connectivity index is 0. The van der Waals surface area contributed by atoms with Crippen molar-refractivity contribution in [3.63, 3.8) is 0 Å². The van der Waals surface area contributed by atoms with Crippen LogP contribution >= 0.6 is 0 Å². The zero-order chi connectivity index (χ0) is 2.71. The van der Waals surface area contributed by atoms with E-state index in [4.69, 9.17) is 5.26 Å². The molecule has 0 amide bonds. The van der Waals surface area contributed by atoms with Crippen LogP contribution in [-0.4, -0.2) is 39.1 Å². The van der Waals surface area contributed by atoms with Crippen LogP contribution in [0.25, 0.3) is 0 Å². The van der Waals surface area contributed by atoms with Gasteiger partial charge in [0.25, 0.3) is 0 Å². The molecule has 0 atom stereocenters. The predicted molar refractivity (Wildman–Crippen MR) is 21.3 cm³/mol. The van der Waals surface area contributed by atoms with Crippen LogP contribution < -0.4 is 0 Å². The fourth-order valence-electron chi connectivity index (χ4n) is 0. The van der Waals surface area contributed by atoms with Crippen molar-refractivity contribution in [1.82, 2.24) is 0 Å². The van der Waals surface area contributed by atoms with Gasteiger partial charge in [0, 0.05) is 0 Å². The number of rotatable bonds is 0. The van der Waals surface area contributed by atoms with Crippen LogP contribution in [0.3, 0.4) is 0 Å². The second-order valence-corrected chi connectivity index (χ2v) is 0.520. The normalized spacial score (nSPS) is 2.00. The third-order valence-electron chi connectivity index (χ3n) is 0. The van der Waals surface area contributed by atoms with E-state index in [1.165, 1.54) is 0 Å². The largest absolute Gasteiger partial charge is 0.316 e. The maximum Gasteiger partial charge on any atom is 0.316 e. The molecule has 0 bridgehead atoms. The summed E-state index contributed by atoms with van der Waals surface area (Å²) in [5.41, 5.74) is 0. The molecule has 3 heteroatoms. The van der Waals surface area contributed by atoms with Crippen LogP contribution in [0, 0.1) is 10.2 Å². The molecule has 0 radical (unpaired) electrons. The Morgan fingerprint density at radius 1 is 1.75 bits per heavy atom. The molecule has 0 unspecified atom stereocenters. The van der Waals surface area contributed by atoms with E-state index in [1.54, 1.807) is 21.0 Å². The van der Waals surface area contributed by atoms with Crippen LogP contribution in [0.1, 0.15) is 0 Å². The molecule has 0 fully saturated rings. The van der Waals surface area contributed by atoms with Crippen LogP contribution in [0.4, 0.5) is 0 Å². The maximum absolute atomic E-state index is 7.29. The van der Waals surface area contributed by atoms with Gasteiger partial charge >= 0.3 is 49.3 Å². The Hall–Kier alpha value is 0.776. The van der Waals surface area contributed by atoms with E-state index in [0.717, 1.165) is 0 Å². The van der Waals surface area contributed by atoms with Crippen molar-refractivity contribution in [2.75, 3.05) is 0 Å². The van der Waals surface area contributed by atoms with Gasteiger partial charge in [-0.25, -0.2) is 0 Å². The summed E-state index contributed by atoms with van der Waals surface area (Å²) in [6, 6.07) is 0. The van der Waals surface area contributed by atoms with Gasteiger partial charge in [0.05, 0.1) is 0 Å². The minimum Gasteiger partial charge on any atom is 0.316 e. The smallest absolute Gasteiger partial charge is 0.316 e. The molecule has 0 aromatic heterocycles. The van der Waals surface area contributed by atoms with Crippen molar-refractivity contribution in [3.8, 4) is 4.97 Å². The molecule has 0 aromatic carbocycles. The fourth-order valence-corrected chi connectivity index (χ4v) is 0. The first-order valence-electron chi connectivity index (χ1n) is 0.447. The molecule has 20 valence electrons. The van der Waals surface area contributed by atoms with Gasteiger partial charge in [0.2, 0.25) is 0 Å². The monoisotopic (exact) mass is 133 g/mol. The summed E-state index contributed by atoms with van der Waals surface area (Å²) in [4.78, 5) is 1.69. The topological polar surface area (TPSA) is 23.8 Å². The minimum absolute atomic E-state index is 0. The van der Waals surface area contributed by atoms with Crippen molar-refractivity contribution in [1.29, 1.82) is 5.26 Å². The molecule has 0 saturated heterocycles. The van der Waals surface area contributed by atoms with E-state index in [1.807, 2.05) is 0 Å². The van der Waals surface area contributed by atoms with Gasteiger partial charge in [-0.3, -0.25) is 0 Å². The molecule has 0 rings (SSSR count). The van der Waals surface area contributed by atoms with Crippen LogP contribution in [-0.2, 0) is 0 Å². The molecule has 0 aliphatic carbocycles. The Bertz CT molecular complexity index is 29.5. The summed E-state index contributed by atoms with van der Waals surface area (Å²) < 4.78 is 0. The van der Waals surface area contributed by atoms with E-state index >= 15 is 0 Å². The average Bonchev–Trinajstić information content (AvgIpc) is 0.918. The Morgan fingerprint density at radius 3 is 1.75 bits per heavy atom. The molecule has 0 saturated carbocycles. The summed E-state index contributed by atoms with van der Waals surface area (Å²) >= 11 is 1.77. The minimum atomic E-state index is 0. The molecule has 0 N–H and O–H groups in total. The first kappa shape index (κ1) is 8.84. The number of hydrogen-bond donors (Lipinski definition) is 0. The molecular formula is CH3MgNSe. The second kappa shape index (κ2) is 9.23. The second-order valence-electron chi connectivity index (χ2n) is 0.100. The Morgan fingerprint density at radius 2 is 1.75 bits per heavy atom. The van der Waals surface area contributed by atoms with Crippen LogP contribution in [0.5, 0.6) is 0 Å². The molecule has 1 nitrogen and oxygen atoms in total. The van der Waals surface area contributed by atoms with E-state index in [0.29, 0.717) is 0 Å². The SMILES string of the molecule is N#C[SeH].[MgH2]. The Labute approximate surface area is 49.3 Å².